The van der Waals surface area contributed by atoms with E-state index in [1.54, 1.807) is 0 Å². The van der Waals surface area contributed by atoms with Crippen LogP contribution in [0.1, 0.15) is 12.8 Å². The molecule has 2 aliphatic heterocycles. The molecule has 0 atom stereocenters. The average Bonchev–Trinajstić information content (AvgIpc) is 2.60. The van der Waals surface area contributed by atoms with E-state index in [-0.39, 0.29) is 18.5 Å². The number of amides is 3. The third kappa shape index (κ3) is 2.21. The highest BCUT2D eigenvalue weighted by atomic mass is 16.7. The van der Waals surface area contributed by atoms with Crippen LogP contribution >= 0.6 is 0 Å². The molecule has 7 nitrogen and oxygen atoms in total. The average molecular weight is 258 g/mol. The highest BCUT2D eigenvalue weighted by molar-refractivity contribution is 6.07. The van der Waals surface area contributed by atoms with Gasteiger partial charge in [-0.2, -0.15) is 0 Å². The second-order valence-corrected chi connectivity index (χ2v) is 4.44. The SMILES string of the molecule is COC(CN1C(=O)NC2(CCOCC2)C1=O)OC. The normalized spacial score (nSPS) is 22.9. The maximum Gasteiger partial charge on any atom is 0.325 e. The molecule has 1 spiro atoms. The van der Waals surface area contributed by atoms with Crippen LogP contribution in [0.15, 0.2) is 0 Å². The molecule has 2 fully saturated rings. The van der Waals surface area contributed by atoms with Crippen molar-refractivity contribution in [2.24, 2.45) is 0 Å². The molecular weight excluding hydrogens is 240 g/mol. The largest absolute Gasteiger partial charge is 0.381 e. The monoisotopic (exact) mass is 258 g/mol. The van der Waals surface area contributed by atoms with Crippen LogP contribution in [0, 0.1) is 0 Å². The quantitative estimate of drug-likeness (QED) is 0.553. The van der Waals surface area contributed by atoms with Crippen LogP contribution in [0.4, 0.5) is 4.79 Å². The first-order valence-corrected chi connectivity index (χ1v) is 5.90. The fourth-order valence-corrected chi connectivity index (χ4v) is 2.30. The number of urea groups is 1. The Kier molecular flexibility index (Phi) is 3.84. The zero-order valence-electron chi connectivity index (χ0n) is 10.6. The predicted molar refractivity (Wildman–Crippen MR) is 60.8 cm³/mol. The van der Waals surface area contributed by atoms with Gasteiger partial charge in [-0.3, -0.25) is 9.69 Å². The summed E-state index contributed by atoms with van der Waals surface area (Å²) in [6.07, 6.45) is 0.423. The van der Waals surface area contributed by atoms with Crippen molar-refractivity contribution in [3.63, 3.8) is 0 Å². The number of rotatable bonds is 4. The molecule has 2 rings (SSSR count). The minimum atomic E-state index is -0.790. The molecule has 0 bridgehead atoms. The molecule has 0 saturated carbocycles. The molecule has 2 aliphatic rings. The second-order valence-electron chi connectivity index (χ2n) is 4.44. The minimum absolute atomic E-state index is 0.0975. The molecule has 2 saturated heterocycles. The van der Waals surface area contributed by atoms with Gasteiger partial charge in [-0.25, -0.2) is 4.79 Å². The molecule has 0 aliphatic carbocycles. The Bertz CT molecular complexity index is 336. The smallest absolute Gasteiger partial charge is 0.325 e. The topological polar surface area (TPSA) is 77.1 Å². The minimum Gasteiger partial charge on any atom is -0.381 e. The lowest BCUT2D eigenvalue weighted by Gasteiger charge is -2.30. The van der Waals surface area contributed by atoms with Crippen LogP contribution in [0.2, 0.25) is 0 Å². The van der Waals surface area contributed by atoms with E-state index in [9.17, 15) is 9.59 Å². The van der Waals surface area contributed by atoms with Crippen molar-refractivity contribution < 1.29 is 23.8 Å². The van der Waals surface area contributed by atoms with Gasteiger partial charge in [0.25, 0.3) is 5.91 Å². The number of carbonyl (C=O) groups excluding carboxylic acids is 2. The summed E-state index contributed by atoms with van der Waals surface area (Å²) >= 11 is 0. The number of imide groups is 1. The van der Waals surface area contributed by atoms with Gasteiger partial charge in [0.1, 0.15) is 5.54 Å². The Hall–Kier alpha value is -1.18. The van der Waals surface area contributed by atoms with Gasteiger partial charge in [-0.1, -0.05) is 0 Å². The van der Waals surface area contributed by atoms with Crippen molar-refractivity contribution >= 4 is 11.9 Å². The van der Waals surface area contributed by atoms with Crippen molar-refractivity contribution in [1.82, 2.24) is 10.2 Å². The summed E-state index contributed by atoms with van der Waals surface area (Å²) < 4.78 is 15.3. The molecule has 0 aromatic rings. The van der Waals surface area contributed by atoms with Crippen molar-refractivity contribution in [2.45, 2.75) is 24.7 Å². The molecular formula is C11H18N2O5. The van der Waals surface area contributed by atoms with Crippen LogP contribution in [-0.4, -0.2) is 62.6 Å². The summed E-state index contributed by atoms with van der Waals surface area (Å²) in [5.74, 6) is -0.213. The third-order valence-electron chi connectivity index (χ3n) is 3.45. The summed E-state index contributed by atoms with van der Waals surface area (Å²) in [7, 11) is 2.94. The molecule has 0 aromatic heterocycles. The number of nitrogens with zero attached hydrogens (tertiary/aromatic N) is 1. The van der Waals surface area contributed by atoms with Crippen molar-refractivity contribution in [3.05, 3.63) is 0 Å². The lowest BCUT2D eigenvalue weighted by molar-refractivity contribution is -0.143. The molecule has 102 valence electrons. The van der Waals surface area contributed by atoms with Gasteiger partial charge in [0, 0.05) is 40.3 Å². The molecule has 3 amide bonds. The molecule has 2 heterocycles. The first kappa shape index (κ1) is 13.3. The summed E-state index contributed by atoms with van der Waals surface area (Å²) in [5, 5.41) is 2.77. The van der Waals surface area contributed by atoms with E-state index in [1.807, 2.05) is 0 Å². The fourth-order valence-electron chi connectivity index (χ4n) is 2.30. The van der Waals surface area contributed by atoms with Gasteiger partial charge in [-0.05, 0) is 0 Å². The fraction of sp³-hybridized carbons (Fsp3) is 0.818. The molecule has 0 unspecified atom stereocenters. The molecule has 18 heavy (non-hydrogen) atoms. The number of methoxy groups -OCH3 is 2. The number of nitrogens with one attached hydrogen (secondary N) is 1. The number of hydrogen-bond donors (Lipinski definition) is 1. The Morgan fingerprint density at radius 2 is 1.94 bits per heavy atom. The van der Waals surface area contributed by atoms with E-state index >= 15 is 0 Å². The van der Waals surface area contributed by atoms with Crippen LogP contribution in [-0.2, 0) is 19.0 Å². The Balaban J connectivity index is 2.09. The molecule has 0 radical (unpaired) electrons. The van der Waals surface area contributed by atoms with E-state index in [0.717, 1.165) is 4.90 Å². The predicted octanol–water partition coefficient (Wildman–Crippen LogP) is -0.294. The highest BCUT2D eigenvalue weighted by Gasteiger charge is 2.52. The molecule has 0 aromatic carbocycles. The number of carbonyl (C=O) groups is 2. The maximum atomic E-state index is 12.3. The summed E-state index contributed by atoms with van der Waals surface area (Å²) in [6, 6.07) is -0.388. The Morgan fingerprint density at radius 1 is 1.33 bits per heavy atom. The highest BCUT2D eigenvalue weighted by Crippen LogP contribution is 2.28. The number of ether oxygens (including phenoxy) is 3. The van der Waals surface area contributed by atoms with Gasteiger partial charge in [0.2, 0.25) is 0 Å². The van der Waals surface area contributed by atoms with Gasteiger partial charge in [0.15, 0.2) is 6.29 Å². The van der Waals surface area contributed by atoms with Crippen molar-refractivity contribution in [2.75, 3.05) is 34.0 Å². The van der Waals surface area contributed by atoms with E-state index in [0.29, 0.717) is 26.1 Å². The van der Waals surface area contributed by atoms with Crippen molar-refractivity contribution in [3.8, 4) is 0 Å². The van der Waals surface area contributed by atoms with E-state index in [1.165, 1.54) is 14.2 Å². The zero-order chi connectivity index (χ0) is 13.2. The first-order chi connectivity index (χ1) is 8.63. The van der Waals surface area contributed by atoms with Crippen molar-refractivity contribution in [1.29, 1.82) is 0 Å². The van der Waals surface area contributed by atoms with Crippen LogP contribution < -0.4 is 5.32 Å². The summed E-state index contributed by atoms with van der Waals surface area (Å²) in [5.41, 5.74) is -0.790. The number of hydrogen-bond acceptors (Lipinski definition) is 5. The summed E-state index contributed by atoms with van der Waals surface area (Å²) in [4.78, 5) is 25.4. The van der Waals surface area contributed by atoms with Gasteiger partial charge < -0.3 is 19.5 Å². The third-order valence-corrected chi connectivity index (χ3v) is 3.45. The Labute approximate surface area is 105 Å². The Morgan fingerprint density at radius 3 is 2.50 bits per heavy atom. The summed E-state index contributed by atoms with van der Waals surface area (Å²) in [6.45, 7) is 1.07. The van der Waals surface area contributed by atoms with Gasteiger partial charge in [-0.15, -0.1) is 0 Å². The second kappa shape index (κ2) is 5.21. The molecule has 7 heteroatoms. The maximum absolute atomic E-state index is 12.3. The van der Waals surface area contributed by atoms with Gasteiger partial charge >= 0.3 is 6.03 Å². The van der Waals surface area contributed by atoms with Crippen LogP contribution in [0.3, 0.4) is 0 Å². The zero-order valence-corrected chi connectivity index (χ0v) is 10.6. The lowest BCUT2D eigenvalue weighted by Crippen LogP contribution is -2.51. The van der Waals surface area contributed by atoms with E-state index in [2.05, 4.69) is 5.32 Å². The molecule has 1 N–H and O–H groups in total. The van der Waals surface area contributed by atoms with Gasteiger partial charge in [0.05, 0.1) is 6.54 Å². The van der Waals surface area contributed by atoms with E-state index < -0.39 is 11.8 Å². The lowest BCUT2D eigenvalue weighted by atomic mass is 9.90. The van der Waals surface area contributed by atoms with Crippen LogP contribution in [0.5, 0.6) is 0 Å². The first-order valence-electron chi connectivity index (χ1n) is 5.90. The van der Waals surface area contributed by atoms with E-state index in [4.69, 9.17) is 14.2 Å². The standard InChI is InChI=1S/C11H18N2O5/c1-16-8(17-2)7-13-9(14)11(12-10(13)15)3-5-18-6-4-11/h8H,3-7H2,1-2H3,(H,12,15). The van der Waals surface area contributed by atoms with Crippen LogP contribution in [0.25, 0.3) is 0 Å².